The Kier molecular flexibility index (Phi) is 5.86. The van der Waals surface area contributed by atoms with Gasteiger partial charge >= 0.3 is 18.4 Å². The number of alkyl halides is 6. The monoisotopic (exact) mass is 470 g/mol. The average Bonchev–Trinajstić information content (AvgIpc) is 2.65. The second-order valence-electron chi connectivity index (χ2n) is 6.98. The highest BCUT2D eigenvalue weighted by molar-refractivity contribution is 7.89. The van der Waals surface area contributed by atoms with E-state index in [4.69, 9.17) is 5.11 Å². The maximum atomic E-state index is 13.3. The van der Waals surface area contributed by atoms with Gasteiger partial charge in [0.2, 0.25) is 10.0 Å². The summed E-state index contributed by atoms with van der Waals surface area (Å²) in [5.74, 6) is -4.04. The van der Waals surface area contributed by atoms with E-state index < -0.39 is 60.1 Å². The fraction of sp³-hybridized carbons (Fsp3) is 0.389. The molecule has 170 valence electrons. The van der Waals surface area contributed by atoms with Crippen molar-refractivity contribution in [2.45, 2.75) is 23.3 Å². The predicted molar refractivity (Wildman–Crippen MR) is 96.8 cm³/mol. The summed E-state index contributed by atoms with van der Waals surface area (Å²) in [6, 6.07) is 7.88. The number of piperazine rings is 1. The molecule has 13 heteroatoms. The second-order valence-corrected chi connectivity index (χ2v) is 8.91. The molecule has 1 aliphatic rings. The molecule has 31 heavy (non-hydrogen) atoms. The summed E-state index contributed by atoms with van der Waals surface area (Å²) < 4.78 is 106. The molecular formula is C18H16F6N2O4S. The number of sulfonamides is 1. The van der Waals surface area contributed by atoms with E-state index in [0.29, 0.717) is 15.1 Å². The second kappa shape index (κ2) is 7.86. The molecule has 0 radical (unpaired) electrons. The molecule has 1 N–H and O–H groups in total. The lowest BCUT2D eigenvalue weighted by Crippen LogP contribution is -2.63. The zero-order valence-electron chi connectivity index (χ0n) is 15.6. The van der Waals surface area contributed by atoms with Crippen LogP contribution in [0.4, 0.5) is 31.1 Å². The summed E-state index contributed by atoms with van der Waals surface area (Å²) in [4.78, 5) is 11.0. The lowest BCUT2D eigenvalue weighted by atomic mass is 9.95. The minimum absolute atomic E-state index is 0.00193. The molecule has 1 saturated heterocycles. The van der Waals surface area contributed by atoms with Crippen LogP contribution < -0.4 is 0 Å². The summed E-state index contributed by atoms with van der Waals surface area (Å²) in [7, 11) is -4.48. The van der Waals surface area contributed by atoms with E-state index in [2.05, 4.69) is 0 Å². The van der Waals surface area contributed by atoms with Gasteiger partial charge in [0.1, 0.15) is 0 Å². The van der Waals surface area contributed by atoms with Crippen molar-refractivity contribution in [3.63, 3.8) is 0 Å². The number of amides is 1. The standard InChI is InChI=1S/C18H16F6N2O4S/c19-17(20,21)15(18(22,23)24)14-10-25(7-8-26(14)16(27)28)31(29,30)13-6-5-11-3-1-2-4-12(11)9-13/h1-6,9,14-15H,7-8,10H2,(H,27,28). The third kappa shape index (κ3) is 4.56. The van der Waals surface area contributed by atoms with E-state index in [0.717, 1.165) is 0 Å². The van der Waals surface area contributed by atoms with Crippen molar-refractivity contribution in [3.8, 4) is 0 Å². The maximum Gasteiger partial charge on any atom is 0.407 e. The zero-order chi connectivity index (χ0) is 23.2. The van der Waals surface area contributed by atoms with Crippen LogP contribution in [0.15, 0.2) is 47.4 Å². The largest absolute Gasteiger partial charge is 0.465 e. The van der Waals surface area contributed by atoms with Crippen LogP contribution >= 0.6 is 0 Å². The molecule has 0 spiro atoms. The Morgan fingerprint density at radius 1 is 0.968 bits per heavy atom. The van der Waals surface area contributed by atoms with E-state index in [1.54, 1.807) is 24.3 Å². The van der Waals surface area contributed by atoms with Crippen LogP contribution in [0.25, 0.3) is 10.8 Å². The van der Waals surface area contributed by atoms with Gasteiger partial charge in [-0.15, -0.1) is 0 Å². The Balaban J connectivity index is 2.01. The summed E-state index contributed by atoms with van der Waals surface area (Å²) in [6.07, 6.45) is -13.6. The SMILES string of the molecule is O=C(O)N1CCN(S(=O)(=O)c2ccc3ccccc3c2)CC1C(C(F)(F)F)C(F)(F)F. The number of hydrogen-bond donors (Lipinski definition) is 1. The fourth-order valence-corrected chi connectivity index (χ4v) is 5.11. The number of hydrogen-bond acceptors (Lipinski definition) is 3. The maximum absolute atomic E-state index is 13.3. The lowest BCUT2D eigenvalue weighted by Gasteiger charge is -2.43. The van der Waals surface area contributed by atoms with Crippen LogP contribution in [-0.2, 0) is 10.0 Å². The molecule has 1 fully saturated rings. The van der Waals surface area contributed by atoms with Crippen LogP contribution in [-0.4, -0.2) is 66.9 Å². The first-order chi connectivity index (χ1) is 14.2. The van der Waals surface area contributed by atoms with Crippen molar-refractivity contribution in [2.75, 3.05) is 19.6 Å². The molecule has 6 nitrogen and oxygen atoms in total. The minimum atomic E-state index is -5.83. The predicted octanol–water partition coefficient (Wildman–Crippen LogP) is 3.93. The number of rotatable bonds is 3. The van der Waals surface area contributed by atoms with E-state index >= 15 is 0 Å². The van der Waals surface area contributed by atoms with Crippen molar-refractivity contribution in [1.29, 1.82) is 0 Å². The van der Waals surface area contributed by atoms with Crippen LogP contribution in [0.1, 0.15) is 0 Å². The van der Waals surface area contributed by atoms with Crippen molar-refractivity contribution in [1.82, 2.24) is 9.21 Å². The van der Waals surface area contributed by atoms with Crippen LogP contribution in [0, 0.1) is 5.92 Å². The van der Waals surface area contributed by atoms with Crippen LogP contribution in [0.3, 0.4) is 0 Å². The molecule has 1 atom stereocenters. The number of nitrogens with zero attached hydrogens (tertiary/aromatic N) is 2. The Hall–Kier alpha value is -2.54. The topological polar surface area (TPSA) is 77.9 Å². The normalized spacial score (nSPS) is 19.2. The van der Waals surface area contributed by atoms with Crippen LogP contribution in [0.2, 0.25) is 0 Å². The number of carboxylic acid groups (broad SMARTS) is 1. The molecular weight excluding hydrogens is 454 g/mol. The van der Waals surface area contributed by atoms with Gasteiger partial charge in [-0.3, -0.25) is 0 Å². The first-order valence-electron chi connectivity index (χ1n) is 8.85. The number of halogens is 6. The van der Waals surface area contributed by atoms with Crippen molar-refractivity contribution >= 4 is 26.9 Å². The van der Waals surface area contributed by atoms with Gasteiger partial charge < -0.3 is 10.0 Å². The summed E-state index contributed by atoms with van der Waals surface area (Å²) in [5.41, 5.74) is 0. The molecule has 1 heterocycles. The molecule has 3 rings (SSSR count). The fourth-order valence-electron chi connectivity index (χ4n) is 3.62. The van der Waals surface area contributed by atoms with E-state index in [-0.39, 0.29) is 9.80 Å². The van der Waals surface area contributed by atoms with Gasteiger partial charge in [-0.05, 0) is 22.9 Å². The summed E-state index contributed by atoms with van der Waals surface area (Å²) >= 11 is 0. The first kappa shape index (κ1) is 23.1. The molecule has 0 aliphatic carbocycles. The zero-order valence-corrected chi connectivity index (χ0v) is 16.4. The van der Waals surface area contributed by atoms with Gasteiger partial charge in [0.05, 0.1) is 10.9 Å². The smallest absolute Gasteiger partial charge is 0.407 e. The third-order valence-electron chi connectivity index (χ3n) is 5.08. The highest BCUT2D eigenvalue weighted by Crippen LogP contribution is 2.44. The highest BCUT2D eigenvalue weighted by atomic mass is 32.2. The van der Waals surface area contributed by atoms with Gasteiger partial charge in [0.15, 0.2) is 5.92 Å². The third-order valence-corrected chi connectivity index (χ3v) is 6.94. The summed E-state index contributed by atoms with van der Waals surface area (Å²) in [6.45, 7) is -2.71. The number of benzene rings is 2. The molecule has 0 bridgehead atoms. The van der Waals surface area contributed by atoms with Gasteiger partial charge in [0.25, 0.3) is 0 Å². The average molecular weight is 470 g/mol. The van der Waals surface area contributed by atoms with Crippen molar-refractivity contribution in [2.24, 2.45) is 5.92 Å². The van der Waals surface area contributed by atoms with Gasteiger partial charge in [-0.25, -0.2) is 13.2 Å². The van der Waals surface area contributed by atoms with Crippen molar-refractivity contribution in [3.05, 3.63) is 42.5 Å². The minimum Gasteiger partial charge on any atom is -0.465 e. The Morgan fingerprint density at radius 2 is 1.55 bits per heavy atom. The Bertz CT molecular complexity index is 1070. The van der Waals surface area contributed by atoms with Gasteiger partial charge in [0, 0.05) is 19.6 Å². The summed E-state index contributed by atoms with van der Waals surface area (Å²) in [5, 5.41) is 10.3. The van der Waals surface area contributed by atoms with Gasteiger partial charge in [-0.2, -0.15) is 30.6 Å². The molecule has 1 unspecified atom stereocenters. The molecule has 2 aromatic rings. The van der Waals surface area contributed by atoms with Gasteiger partial charge in [-0.1, -0.05) is 30.3 Å². The van der Waals surface area contributed by atoms with E-state index in [1.165, 1.54) is 18.2 Å². The Labute approximate surface area is 172 Å². The number of carbonyl (C=O) groups is 1. The first-order valence-corrected chi connectivity index (χ1v) is 10.3. The molecule has 2 aromatic carbocycles. The van der Waals surface area contributed by atoms with Crippen LogP contribution in [0.5, 0.6) is 0 Å². The number of fused-ring (bicyclic) bond motifs is 1. The molecule has 1 aliphatic heterocycles. The quantitative estimate of drug-likeness (QED) is 0.690. The molecule has 0 aromatic heterocycles. The Morgan fingerprint density at radius 3 is 2.10 bits per heavy atom. The highest BCUT2D eigenvalue weighted by Gasteiger charge is 2.63. The molecule has 1 amide bonds. The van der Waals surface area contributed by atoms with Crippen molar-refractivity contribution < 1.29 is 44.7 Å². The van der Waals surface area contributed by atoms with E-state index in [9.17, 15) is 39.6 Å². The van der Waals surface area contributed by atoms with E-state index in [1.807, 2.05) is 0 Å². The lowest BCUT2D eigenvalue weighted by molar-refractivity contribution is -0.299. The molecule has 0 saturated carbocycles.